The zero-order valence-corrected chi connectivity index (χ0v) is 13.2. The van der Waals surface area contributed by atoms with Crippen molar-refractivity contribution in [2.24, 2.45) is 0 Å². The number of phosphoric acid groups is 2. The number of para-hydroxylation sites is 1. The van der Waals surface area contributed by atoms with E-state index in [1.807, 2.05) is 0 Å². The summed E-state index contributed by atoms with van der Waals surface area (Å²) in [6, 6.07) is 13.1. The van der Waals surface area contributed by atoms with E-state index in [0.29, 0.717) is 0 Å². The molecule has 11 heteroatoms. The average molecular weight is 364 g/mol. The van der Waals surface area contributed by atoms with Crippen LogP contribution in [0.2, 0.25) is 0 Å². The summed E-state index contributed by atoms with van der Waals surface area (Å²) < 4.78 is 29.3. The molecule has 0 radical (unpaired) electrons. The van der Waals surface area contributed by atoms with Gasteiger partial charge in [0.25, 0.3) is 0 Å². The maximum Gasteiger partial charge on any atom is 0.536 e. The van der Waals surface area contributed by atoms with E-state index in [1.165, 1.54) is 48.5 Å². The van der Waals surface area contributed by atoms with Gasteiger partial charge in [-0.05, 0) is 36.4 Å². The number of benzene rings is 2. The molecule has 0 fully saturated rings. The summed E-state index contributed by atoms with van der Waals surface area (Å²) in [5, 5.41) is 17.3. The molecule has 2 rings (SSSR count). The monoisotopic (exact) mass is 364 g/mol. The summed E-state index contributed by atoms with van der Waals surface area (Å²) in [6.45, 7) is 0. The lowest BCUT2D eigenvalue weighted by Gasteiger charge is -2.12. The fourth-order valence-electron chi connectivity index (χ4n) is 1.22. The van der Waals surface area contributed by atoms with Crippen molar-refractivity contribution in [1.29, 1.82) is 0 Å². The van der Waals surface area contributed by atoms with E-state index in [2.05, 4.69) is 8.83 Å². The van der Waals surface area contributed by atoms with E-state index < -0.39 is 15.6 Å². The standard InChI is InChI=1S/C6H8O7P2.C6H6O2/c7-14(8,9)13-15(10,11)12-6-4-2-1-3-5-6;7-5-1-2-6(8)4-3-5/h1-5H,(H,10,11)(H2,7,8,9);1-4,7-8H. The van der Waals surface area contributed by atoms with E-state index in [1.54, 1.807) is 6.07 Å². The Hall–Kier alpha value is -1.86. The van der Waals surface area contributed by atoms with Crippen molar-refractivity contribution in [3.63, 3.8) is 0 Å². The topological polar surface area (TPSA) is 154 Å². The normalized spacial score (nSPS) is 13.3. The van der Waals surface area contributed by atoms with Crippen LogP contribution in [0.5, 0.6) is 17.2 Å². The molecule has 0 aliphatic heterocycles. The minimum atomic E-state index is -5.06. The molecule has 0 aliphatic rings. The predicted octanol–water partition coefficient (Wildman–Crippen LogP) is 2.37. The first-order chi connectivity index (χ1) is 10.6. The zero-order valence-electron chi connectivity index (χ0n) is 11.5. The van der Waals surface area contributed by atoms with Crippen LogP contribution in [0.4, 0.5) is 0 Å². The number of rotatable bonds is 4. The van der Waals surface area contributed by atoms with Crippen LogP contribution in [0.15, 0.2) is 54.6 Å². The second kappa shape index (κ2) is 8.12. The van der Waals surface area contributed by atoms with Crippen molar-refractivity contribution >= 4 is 15.6 Å². The molecule has 0 aromatic heterocycles. The number of phenols is 2. The lowest BCUT2D eigenvalue weighted by molar-refractivity contribution is 0.229. The van der Waals surface area contributed by atoms with Crippen LogP contribution in [0.1, 0.15) is 0 Å². The Kier molecular flexibility index (Phi) is 6.78. The number of aromatic hydroxyl groups is 2. The van der Waals surface area contributed by atoms with Crippen molar-refractivity contribution in [2.75, 3.05) is 0 Å². The van der Waals surface area contributed by atoms with Gasteiger partial charge in [-0.3, -0.25) is 4.89 Å². The molecule has 0 saturated heterocycles. The molecule has 0 spiro atoms. The van der Waals surface area contributed by atoms with Crippen LogP contribution in [-0.4, -0.2) is 24.9 Å². The van der Waals surface area contributed by atoms with Crippen LogP contribution >= 0.6 is 15.6 Å². The van der Waals surface area contributed by atoms with Crippen LogP contribution in [0, 0.1) is 0 Å². The van der Waals surface area contributed by atoms with E-state index in [9.17, 15) is 9.13 Å². The summed E-state index contributed by atoms with van der Waals surface area (Å²) in [5.41, 5.74) is 0. The Balaban J connectivity index is 0.000000277. The number of hydrogen-bond donors (Lipinski definition) is 5. The third-order valence-corrected chi connectivity index (χ3v) is 4.14. The molecule has 0 bridgehead atoms. The molecule has 1 unspecified atom stereocenters. The van der Waals surface area contributed by atoms with Crippen LogP contribution < -0.4 is 4.52 Å². The Morgan fingerprint density at radius 1 is 0.739 bits per heavy atom. The van der Waals surface area contributed by atoms with Gasteiger partial charge < -0.3 is 24.5 Å². The summed E-state index contributed by atoms with van der Waals surface area (Å²) in [6.07, 6.45) is 0. The van der Waals surface area contributed by atoms with Gasteiger partial charge in [0.15, 0.2) is 0 Å². The molecule has 0 saturated carbocycles. The van der Waals surface area contributed by atoms with E-state index in [0.717, 1.165) is 0 Å². The summed E-state index contributed by atoms with van der Waals surface area (Å²) in [5.74, 6) is 0.308. The molecule has 126 valence electrons. The fourth-order valence-corrected chi connectivity index (χ4v) is 2.82. The fraction of sp³-hybridized carbons (Fsp3) is 0. The third kappa shape index (κ3) is 9.00. The average Bonchev–Trinajstić information content (AvgIpc) is 2.40. The zero-order chi connectivity index (χ0) is 17.5. The Morgan fingerprint density at radius 3 is 1.57 bits per heavy atom. The number of phenolic OH excluding ortho intramolecular Hbond substituents is 2. The highest BCUT2D eigenvalue weighted by Crippen LogP contribution is 2.57. The maximum absolute atomic E-state index is 11.0. The van der Waals surface area contributed by atoms with Gasteiger partial charge in [-0.25, -0.2) is 9.13 Å². The molecule has 5 N–H and O–H groups in total. The van der Waals surface area contributed by atoms with Gasteiger partial charge >= 0.3 is 15.6 Å². The van der Waals surface area contributed by atoms with Crippen molar-refractivity contribution in [3.05, 3.63) is 54.6 Å². The Bertz CT molecular complexity index is 675. The molecule has 9 nitrogen and oxygen atoms in total. The van der Waals surface area contributed by atoms with Gasteiger partial charge in [-0.2, -0.15) is 4.31 Å². The summed E-state index contributed by atoms with van der Waals surface area (Å²) in [4.78, 5) is 25.5. The molecule has 2 aromatic rings. The third-order valence-electron chi connectivity index (χ3n) is 2.02. The van der Waals surface area contributed by atoms with Crippen LogP contribution in [0.25, 0.3) is 0 Å². The Labute approximate surface area is 131 Å². The molecule has 23 heavy (non-hydrogen) atoms. The van der Waals surface area contributed by atoms with Crippen molar-refractivity contribution < 1.29 is 42.9 Å². The molecule has 0 heterocycles. The molecule has 0 amide bonds. The van der Waals surface area contributed by atoms with Gasteiger partial charge in [0.1, 0.15) is 17.2 Å². The highest BCUT2D eigenvalue weighted by atomic mass is 31.3. The maximum atomic E-state index is 11.0. The highest BCUT2D eigenvalue weighted by Gasteiger charge is 2.33. The lowest BCUT2D eigenvalue weighted by Crippen LogP contribution is -1.95. The van der Waals surface area contributed by atoms with Gasteiger partial charge in [-0.15, -0.1) is 0 Å². The minimum absolute atomic E-state index is 0.0308. The van der Waals surface area contributed by atoms with Gasteiger partial charge in [0.2, 0.25) is 0 Å². The van der Waals surface area contributed by atoms with E-state index in [-0.39, 0.29) is 17.2 Å². The van der Waals surface area contributed by atoms with Crippen LogP contribution in [-0.2, 0) is 13.4 Å². The quantitative estimate of drug-likeness (QED) is 0.406. The first-order valence-corrected chi connectivity index (χ1v) is 8.92. The highest BCUT2D eigenvalue weighted by molar-refractivity contribution is 7.60. The second-order valence-corrected chi connectivity index (χ2v) is 6.72. The molecular weight excluding hydrogens is 350 g/mol. The lowest BCUT2D eigenvalue weighted by atomic mass is 10.3. The molecular formula is C12H14O9P2. The first-order valence-electron chi connectivity index (χ1n) is 5.90. The molecule has 0 aliphatic carbocycles. The van der Waals surface area contributed by atoms with Gasteiger partial charge in [0.05, 0.1) is 0 Å². The van der Waals surface area contributed by atoms with Crippen molar-refractivity contribution in [3.8, 4) is 17.2 Å². The number of hydrogen-bond acceptors (Lipinski definition) is 6. The molecule has 2 aromatic carbocycles. The largest absolute Gasteiger partial charge is 0.536 e. The van der Waals surface area contributed by atoms with Gasteiger partial charge in [0, 0.05) is 0 Å². The van der Waals surface area contributed by atoms with Crippen LogP contribution in [0.3, 0.4) is 0 Å². The van der Waals surface area contributed by atoms with Crippen molar-refractivity contribution in [2.45, 2.75) is 0 Å². The predicted molar refractivity (Wildman–Crippen MR) is 79.8 cm³/mol. The SMILES string of the molecule is O=P(O)(O)OP(=O)(O)Oc1ccccc1.Oc1ccc(O)cc1. The smallest absolute Gasteiger partial charge is 0.508 e. The second-order valence-electron chi connectivity index (χ2n) is 3.96. The molecule has 1 atom stereocenters. The van der Waals surface area contributed by atoms with Gasteiger partial charge in [-0.1, -0.05) is 18.2 Å². The summed E-state index contributed by atoms with van der Waals surface area (Å²) >= 11 is 0. The van der Waals surface area contributed by atoms with Crippen molar-refractivity contribution in [1.82, 2.24) is 0 Å². The summed E-state index contributed by atoms with van der Waals surface area (Å²) in [7, 11) is -9.86. The van der Waals surface area contributed by atoms with E-state index >= 15 is 0 Å². The minimum Gasteiger partial charge on any atom is -0.508 e. The Morgan fingerprint density at radius 2 is 1.17 bits per heavy atom. The number of phosphoric ester groups is 1. The van der Waals surface area contributed by atoms with E-state index in [4.69, 9.17) is 24.9 Å². The first kappa shape index (κ1) is 19.2.